The van der Waals surface area contributed by atoms with Crippen LogP contribution < -0.4 is 5.32 Å². The van der Waals surface area contributed by atoms with Gasteiger partial charge in [-0.05, 0) is 18.2 Å². The number of carbonyl (C=O) groups is 1. The topological polar surface area (TPSA) is 85.1 Å². The maximum atomic E-state index is 12.1. The van der Waals surface area contributed by atoms with E-state index in [1.807, 2.05) is 0 Å². The van der Waals surface area contributed by atoms with Gasteiger partial charge in [0.1, 0.15) is 11.3 Å². The lowest BCUT2D eigenvalue weighted by Crippen LogP contribution is -2.13. The molecule has 0 spiro atoms. The summed E-state index contributed by atoms with van der Waals surface area (Å²) < 4.78 is 0. The second-order valence-electron chi connectivity index (χ2n) is 3.90. The molecule has 21 heavy (non-hydrogen) atoms. The van der Waals surface area contributed by atoms with Crippen molar-refractivity contribution in [2.45, 2.75) is 0 Å². The van der Waals surface area contributed by atoms with Gasteiger partial charge in [0.15, 0.2) is 0 Å². The van der Waals surface area contributed by atoms with Gasteiger partial charge in [0.05, 0.1) is 10.5 Å². The Morgan fingerprint density at radius 3 is 2.33 bits per heavy atom. The molecule has 0 bridgehead atoms. The predicted octanol–water partition coefficient (Wildman–Crippen LogP) is 4.20. The maximum Gasteiger partial charge on any atom is 0.288 e. The van der Waals surface area contributed by atoms with Gasteiger partial charge in [-0.2, -0.15) is 0 Å². The van der Waals surface area contributed by atoms with Crippen molar-refractivity contribution in [1.29, 1.82) is 0 Å². The van der Waals surface area contributed by atoms with Crippen LogP contribution in [0.15, 0.2) is 30.5 Å². The molecule has 0 saturated heterocycles. The molecular formula is C12H6Cl3N3O3. The van der Waals surface area contributed by atoms with Gasteiger partial charge in [-0.1, -0.05) is 34.8 Å². The first-order chi connectivity index (χ1) is 9.86. The molecular weight excluding hydrogens is 341 g/mol. The van der Waals surface area contributed by atoms with Crippen molar-refractivity contribution >= 4 is 52.1 Å². The van der Waals surface area contributed by atoms with Crippen LogP contribution in [0.1, 0.15) is 10.4 Å². The van der Waals surface area contributed by atoms with Crippen LogP contribution in [0.25, 0.3) is 0 Å². The fraction of sp³-hybridized carbons (Fsp3) is 0. The molecule has 0 atom stereocenters. The highest BCUT2D eigenvalue weighted by molar-refractivity contribution is 6.35. The average molecular weight is 347 g/mol. The van der Waals surface area contributed by atoms with E-state index in [2.05, 4.69) is 10.3 Å². The third-order valence-electron chi connectivity index (χ3n) is 2.40. The third kappa shape index (κ3) is 3.81. The molecule has 6 nitrogen and oxygen atoms in total. The summed E-state index contributed by atoms with van der Waals surface area (Å²) in [5.41, 5.74) is -0.129. The van der Waals surface area contributed by atoms with Crippen molar-refractivity contribution in [1.82, 2.24) is 4.98 Å². The largest absolute Gasteiger partial charge is 0.322 e. The zero-order valence-electron chi connectivity index (χ0n) is 10.1. The van der Waals surface area contributed by atoms with Crippen molar-refractivity contribution in [3.63, 3.8) is 0 Å². The van der Waals surface area contributed by atoms with E-state index in [4.69, 9.17) is 34.8 Å². The standard InChI is InChI=1S/C12H6Cl3N3O3/c13-6-1-7(14)3-8(2-6)17-12(19)10-4-9(18(20)21)5-16-11(10)15/h1-5H,(H,17,19). The molecule has 1 aromatic heterocycles. The molecule has 9 heteroatoms. The number of carbonyl (C=O) groups excluding carboxylic acids is 1. The number of nitrogens with zero attached hydrogens (tertiary/aromatic N) is 2. The van der Waals surface area contributed by atoms with Crippen LogP contribution in [0.5, 0.6) is 0 Å². The molecule has 0 radical (unpaired) electrons. The quantitative estimate of drug-likeness (QED) is 0.512. The monoisotopic (exact) mass is 345 g/mol. The molecule has 0 aliphatic rings. The Balaban J connectivity index is 2.31. The van der Waals surface area contributed by atoms with Gasteiger partial charge < -0.3 is 5.32 Å². The second-order valence-corrected chi connectivity index (χ2v) is 5.13. The van der Waals surface area contributed by atoms with E-state index in [1.54, 1.807) is 0 Å². The van der Waals surface area contributed by atoms with Gasteiger partial charge in [0, 0.05) is 21.8 Å². The lowest BCUT2D eigenvalue weighted by molar-refractivity contribution is -0.385. The second kappa shape index (κ2) is 6.26. The Morgan fingerprint density at radius 2 is 1.76 bits per heavy atom. The van der Waals surface area contributed by atoms with E-state index in [9.17, 15) is 14.9 Å². The number of halogens is 3. The molecule has 1 aromatic carbocycles. The zero-order valence-corrected chi connectivity index (χ0v) is 12.4. The third-order valence-corrected chi connectivity index (χ3v) is 3.14. The molecule has 108 valence electrons. The molecule has 0 unspecified atom stereocenters. The Bertz CT molecular complexity index is 717. The van der Waals surface area contributed by atoms with E-state index in [0.29, 0.717) is 15.7 Å². The Labute approximate surface area is 133 Å². The van der Waals surface area contributed by atoms with Crippen LogP contribution in [0.3, 0.4) is 0 Å². The summed E-state index contributed by atoms with van der Waals surface area (Å²) in [5, 5.41) is 13.7. The molecule has 0 aliphatic heterocycles. The van der Waals surface area contributed by atoms with Crippen LogP contribution >= 0.6 is 34.8 Å². The first kappa shape index (κ1) is 15.5. The van der Waals surface area contributed by atoms with Crippen LogP contribution in [-0.2, 0) is 0 Å². The van der Waals surface area contributed by atoms with Gasteiger partial charge in [-0.15, -0.1) is 0 Å². The van der Waals surface area contributed by atoms with E-state index in [-0.39, 0.29) is 16.4 Å². The molecule has 1 N–H and O–H groups in total. The lowest BCUT2D eigenvalue weighted by Gasteiger charge is -2.07. The molecule has 0 saturated carbocycles. The molecule has 2 rings (SSSR count). The van der Waals surface area contributed by atoms with Crippen molar-refractivity contribution in [3.8, 4) is 0 Å². The van der Waals surface area contributed by atoms with Crippen LogP contribution in [-0.4, -0.2) is 15.8 Å². The van der Waals surface area contributed by atoms with Crippen LogP contribution in [0.4, 0.5) is 11.4 Å². The van der Waals surface area contributed by atoms with Gasteiger partial charge in [-0.3, -0.25) is 14.9 Å². The molecule has 0 fully saturated rings. The van der Waals surface area contributed by atoms with E-state index in [0.717, 1.165) is 12.3 Å². The van der Waals surface area contributed by atoms with Crippen molar-refractivity contribution < 1.29 is 9.72 Å². The maximum absolute atomic E-state index is 12.1. The highest BCUT2D eigenvalue weighted by Gasteiger charge is 2.17. The SMILES string of the molecule is O=C(Nc1cc(Cl)cc(Cl)c1)c1cc([N+](=O)[O-])cnc1Cl. The number of hydrogen-bond donors (Lipinski definition) is 1. The highest BCUT2D eigenvalue weighted by Crippen LogP contribution is 2.24. The smallest absolute Gasteiger partial charge is 0.288 e. The minimum atomic E-state index is -0.670. The number of amides is 1. The zero-order chi connectivity index (χ0) is 15.6. The van der Waals surface area contributed by atoms with Gasteiger partial charge >= 0.3 is 0 Å². The summed E-state index contributed by atoms with van der Waals surface area (Å²) in [6.45, 7) is 0. The number of hydrogen-bond acceptors (Lipinski definition) is 4. The first-order valence-corrected chi connectivity index (χ1v) is 6.57. The van der Waals surface area contributed by atoms with E-state index < -0.39 is 10.8 Å². The minimum absolute atomic E-state index is 0.123. The number of nitrogens with one attached hydrogen (secondary N) is 1. The number of nitro groups is 1. The van der Waals surface area contributed by atoms with E-state index >= 15 is 0 Å². The van der Waals surface area contributed by atoms with Crippen LogP contribution in [0.2, 0.25) is 15.2 Å². The Kier molecular flexibility index (Phi) is 4.62. The van der Waals surface area contributed by atoms with Gasteiger partial charge in [0.25, 0.3) is 11.6 Å². The summed E-state index contributed by atoms with van der Waals surface area (Å²) in [4.78, 5) is 25.7. The van der Waals surface area contributed by atoms with E-state index in [1.165, 1.54) is 18.2 Å². The molecule has 2 aromatic rings. The first-order valence-electron chi connectivity index (χ1n) is 5.44. The van der Waals surface area contributed by atoms with Crippen molar-refractivity contribution in [2.75, 3.05) is 5.32 Å². The highest BCUT2D eigenvalue weighted by atomic mass is 35.5. The van der Waals surface area contributed by atoms with Gasteiger partial charge in [-0.25, -0.2) is 4.98 Å². The normalized spacial score (nSPS) is 10.2. The van der Waals surface area contributed by atoms with Crippen molar-refractivity contribution in [2.24, 2.45) is 0 Å². The summed E-state index contributed by atoms with van der Waals surface area (Å²) in [5.74, 6) is -0.658. The summed E-state index contributed by atoms with van der Waals surface area (Å²) in [6.07, 6.45) is 0.968. The molecule has 1 amide bonds. The van der Waals surface area contributed by atoms with Crippen molar-refractivity contribution in [3.05, 3.63) is 61.3 Å². The number of aromatic nitrogens is 1. The number of benzene rings is 1. The number of pyridine rings is 1. The van der Waals surface area contributed by atoms with Crippen LogP contribution in [0, 0.1) is 10.1 Å². The number of anilines is 1. The summed E-state index contributed by atoms with van der Waals surface area (Å²) in [6, 6.07) is 5.49. The average Bonchev–Trinajstić information content (AvgIpc) is 2.37. The fourth-order valence-corrected chi connectivity index (χ4v) is 2.24. The van der Waals surface area contributed by atoms with Gasteiger partial charge in [0.2, 0.25) is 0 Å². The summed E-state index contributed by atoms with van der Waals surface area (Å²) >= 11 is 17.4. The minimum Gasteiger partial charge on any atom is -0.322 e. The Morgan fingerprint density at radius 1 is 1.14 bits per heavy atom. The summed E-state index contributed by atoms with van der Waals surface area (Å²) in [7, 11) is 0. The Hall–Kier alpha value is -1.89. The number of rotatable bonds is 3. The lowest BCUT2D eigenvalue weighted by atomic mass is 10.2. The molecule has 0 aliphatic carbocycles. The fourth-order valence-electron chi connectivity index (χ4n) is 1.52. The molecule has 1 heterocycles. The predicted molar refractivity (Wildman–Crippen MR) is 80.3 cm³/mol.